The molecule has 0 bridgehead atoms. The minimum absolute atomic E-state index is 0.0680. The van der Waals surface area contributed by atoms with Gasteiger partial charge in [0.05, 0.1) is 16.4 Å². The topological polar surface area (TPSA) is 143 Å². The van der Waals surface area contributed by atoms with E-state index in [4.69, 9.17) is 11.6 Å². The van der Waals surface area contributed by atoms with Gasteiger partial charge < -0.3 is 16.0 Å². The Bertz CT molecular complexity index is 1910. The van der Waals surface area contributed by atoms with Crippen LogP contribution in [-0.2, 0) is 9.59 Å². The summed E-state index contributed by atoms with van der Waals surface area (Å²) in [7, 11) is 0. The maximum atomic E-state index is 13.4. The summed E-state index contributed by atoms with van der Waals surface area (Å²) in [4.78, 5) is 54.6. The Kier molecular flexibility index (Phi) is 10.6. The molecule has 1 aromatic heterocycles. The molecule has 230 valence electrons. The van der Waals surface area contributed by atoms with Crippen molar-refractivity contribution in [2.24, 2.45) is 0 Å². The lowest BCUT2D eigenvalue weighted by Crippen LogP contribution is -2.30. The second-order valence-corrected chi connectivity index (χ2v) is 11.9. The normalized spacial score (nSPS) is 11.0. The van der Waals surface area contributed by atoms with Gasteiger partial charge in [-0.3, -0.25) is 24.5 Å². The molecule has 0 atom stereocenters. The van der Waals surface area contributed by atoms with Crippen molar-refractivity contribution in [2.45, 2.75) is 4.90 Å². The quantitative estimate of drug-likeness (QED) is 0.0571. The molecule has 4 aromatic carbocycles. The summed E-state index contributed by atoms with van der Waals surface area (Å²) in [5.41, 5.74) is 2.71. The maximum Gasteiger partial charge on any atom is 0.272 e. The van der Waals surface area contributed by atoms with Gasteiger partial charge in [0, 0.05) is 44.2 Å². The second-order valence-electron chi connectivity index (χ2n) is 9.59. The van der Waals surface area contributed by atoms with E-state index in [-0.39, 0.29) is 23.0 Å². The number of non-ortho nitro benzene ring substituents is 1. The highest BCUT2D eigenvalue weighted by molar-refractivity contribution is 8.00. The van der Waals surface area contributed by atoms with Crippen LogP contribution in [0.15, 0.2) is 119 Å². The molecule has 0 saturated carbocycles. The fourth-order valence-corrected chi connectivity index (χ4v) is 5.67. The fraction of sp³-hybridized carbons (Fsp3) is 0.0303. The molecule has 0 radical (unpaired) electrons. The number of nitrogens with zero attached hydrogens (tertiary/aromatic N) is 2. The van der Waals surface area contributed by atoms with Crippen molar-refractivity contribution >= 4 is 75.0 Å². The van der Waals surface area contributed by atoms with Gasteiger partial charge in [-0.1, -0.05) is 48.0 Å². The number of hydrogen-bond donors (Lipinski definition) is 3. The standard InChI is InChI=1S/C33H24ClN5O5S2/c34-24-13-11-22(12-14-24)29-19-46-33(37-29)38-30(40)20-45-27-8-4-7-25(18-27)35-32(42)28(36-31(41)23-5-2-1-3-6-23)17-21-9-15-26(16-10-21)39(43)44/h1-19H,20H2,(H,35,42)(H,36,41)(H,37,38,40)/b28-17+. The van der Waals surface area contributed by atoms with Crippen LogP contribution in [0.5, 0.6) is 0 Å². The molecule has 0 saturated heterocycles. The smallest absolute Gasteiger partial charge is 0.272 e. The first-order valence-corrected chi connectivity index (χ1v) is 15.9. The van der Waals surface area contributed by atoms with E-state index >= 15 is 0 Å². The van der Waals surface area contributed by atoms with E-state index in [1.54, 1.807) is 66.7 Å². The monoisotopic (exact) mass is 669 g/mol. The molecule has 5 rings (SSSR count). The van der Waals surface area contributed by atoms with E-state index < -0.39 is 16.7 Å². The van der Waals surface area contributed by atoms with Gasteiger partial charge in [-0.15, -0.1) is 23.1 Å². The predicted octanol–water partition coefficient (Wildman–Crippen LogP) is 7.51. The van der Waals surface area contributed by atoms with Crippen LogP contribution in [0.1, 0.15) is 15.9 Å². The molecule has 3 N–H and O–H groups in total. The molecule has 46 heavy (non-hydrogen) atoms. The zero-order valence-corrected chi connectivity index (χ0v) is 26.2. The summed E-state index contributed by atoms with van der Waals surface area (Å²) in [5.74, 6) is -1.25. The van der Waals surface area contributed by atoms with E-state index in [1.807, 2.05) is 17.5 Å². The van der Waals surface area contributed by atoms with Gasteiger partial charge in [-0.2, -0.15) is 0 Å². The van der Waals surface area contributed by atoms with E-state index in [0.717, 1.165) is 16.2 Å². The largest absolute Gasteiger partial charge is 0.321 e. The molecule has 0 aliphatic rings. The SMILES string of the molecule is O=C(CSc1cccc(NC(=O)/C(=C\c2ccc([N+](=O)[O-])cc2)NC(=O)c2ccccc2)c1)Nc1nc(-c2ccc(Cl)cc2)cs1. The summed E-state index contributed by atoms with van der Waals surface area (Å²) >= 11 is 8.55. The first kappa shape index (κ1) is 32.1. The summed E-state index contributed by atoms with van der Waals surface area (Å²) < 4.78 is 0. The van der Waals surface area contributed by atoms with Crippen LogP contribution in [-0.4, -0.2) is 33.4 Å². The van der Waals surface area contributed by atoms with Crippen LogP contribution >= 0.6 is 34.7 Å². The Labute approximate surface area is 276 Å². The number of carbonyl (C=O) groups excluding carboxylic acids is 3. The Morgan fingerprint density at radius 3 is 2.37 bits per heavy atom. The van der Waals surface area contributed by atoms with E-state index in [2.05, 4.69) is 20.9 Å². The minimum Gasteiger partial charge on any atom is -0.321 e. The van der Waals surface area contributed by atoms with Crippen LogP contribution in [0.4, 0.5) is 16.5 Å². The molecule has 0 aliphatic carbocycles. The van der Waals surface area contributed by atoms with Gasteiger partial charge >= 0.3 is 0 Å². The molecule has 0 unspecified atom stereocenters. The molecule has 3 amide bonds. The number of nitro groups is 1. The highest BCUT2D eigenvalue weighted by atomic mass is 35.5. The second kappa shape index (κ2) is 15.1. The number of thiazole rings is 1. The molecule has 0 aliphatic heterocycles. The summed E-state index contributed by atoms with van der Waals surface area (Å²) in [5, 5.41) is 22.2. The third-order valence-electron chi connectivity index (χ3n) is 6.30. The Balaban J connectivity index is 1.23. The highest BCUT2D eigenvalue weighted by Crippen LogP contribution is 2.27. The van der Waals surface area contributed by atoms with Crippen molar-refractivity contribution in [1.82, 2.24) is 10.3 Å². The van der Waals surface area contributed by atoms with E-state index in [0.29, 0.717) is 27.0 Å². The van der Waals surface area contributed by atoms with Gasteiger partial charge in [-0.05, 0) is 66.2 Å². The molecule has 13 heteroatoms. The number of nitro benzene ring substituents is 1. The fourth-order valence-electron chi connectivity index (χ4n) is 4.05. The first-order chi connectivity index (χ1) is 22.2. The van der Waals surface area contributed by atoms with E-state index in [1.165, 1.54) is 53.4 Å². The van der Waals surface area contributed by atoms with Crippen molar-refractivity contribution in [3.05, 3.63) is 140 Å². The average molecular weight is 670 g/mol. The number of benzene rings is 4. The van der Waals surface area contributed by atoms with Gasteiger partial charge in [0.15, 0.2) is 5.13 Å². The lowest BCUT2D eigenvalue weighted by atomic mass is 10.1. The van der Waals surface area contributed by atoms with Crippen molar-refractivity contribution < 1.29 is 19.3 Å². The lowest BCUT2D eigenvalue weighted by molar-refractivity contribution is -0.384. The number of amides is 3. The van der Waals surface area contributed by atoms with Crippen molar-refractivity contribution in [2.75, 3.05) is 16.4 Å². The van der Waals surface area contributed by atoms with Gasteiger partial charge in [-0.25, -0.2) is 4.98 Å². The van der Waals surface area contributed by atoms with Gasteiger partial charge in [0.2, 0.25) is 5.91 Å². The number of rotatable bonds is 11. The van der Waals surface area contributed by atoms with Crippen molar-refractivity contribution in [1.29, 1.82) is 0 Å². The van der Waals surface area contributed by atoms with Crippen LogP contribution in [0.3, 0.4) is 0 Å². The summed E-state index contributed by atoms with van der Waals surface area (Å²) in [6.07, 6.45) is 1.43. The van der Waals surface area contributed by atoms with Gasteiger partial charge in [0.1, 0.15) is 5.70 Å². The molecule has 5 aromatic rings. The minimum atomic E-state index is -0.609. The lowest BCUT2D eigenvalue weighted by Gasteiger charge is -2.12. The zero-order chi connectivity index (χ0) is 32.5. The van der Waals surface area contributed by atoms with Crippen LogP contribution in [0.25, 0.3) is 17.3 Å². The number of halogens is 1. The number of nitrogens with one attached hydrogen (secondary N) is 3. The predicted molar refractivity (Wildman–Crippen MR) is 182 cm³/mol. The number of anilines is 2. The molecule has 10 nitrogen and oxygen atoms in total. The Morgan fingerprint density at radius 2 is 1.65 bits per heavy atom. The Morgan fingerprint density at radius 1 is 0.913 bits per heavy atom. The third-order valence-corrected chi connectivity index (χ3v) is 8.30. The average Bonchev–Trinajstić information content (AvgIpc) is 3.53. The zero-order valence-electron chi connectivity index (χ0n) is 23.8. The summed E-state index contributed by atoms with van der Waals surface area (Å²) in [6, 6.07) is 28.2. The van der Waals surface area contributed by atoms with Crippen LogP contribution in [0, 0.1) is 10.1 Å². The number of aromatic nitrogens is 1. The highest BCUT2D eigenvalue weighted by Gasteiger charge is 2.16. The number of thioether (sulfide) groups is 1. The van der Waals surface area contributed by atoms with Crippen molar-refractivity contribution in [3.8, 4) is 11.3 Å². The van der Waals surface area contributed by atoms with Crippen molar-refractivity contribution in [3.63, 3.8) is 0 Å². The molecular formula is C33H24ClN5O5S2. The third kappa shape index (κ3) is 8.88. The maximum absolute atomic E-state index is 13.4. The van der Waals surface area contributed by atoms with Crippen LogP contribution in [0.2, 0.25) is 5.02 Å². The first-order valence-electron chi connectivity index (χ1n) is 13.6. The number of carbonyl (C=O) groups is 3. The molecule has 1 heterocycles. The molecule has 0 fully saturated rings. The molecule has 0 spiro atoms. The van der Waals surface area contributed by atoms with Crippen LogP contribution < -0.4 is 16.0 Å². The van der Waals surface area contributed by atoms with E-state index in [9.17, 15) is 24.5 Å². The number of hydrogen-bond acceptors (Lipinski definition) is 8. The van der Waals surface area contributed by atoms with Gasteiger partial charge in [0.25, 0.3) is 17.5 Å². The summed E-state index contributed by atoms with van der Waals surface area (Å²) in [6.45, 7) is 0. The Hall–Kier alpha value is -5.30. The molecular weight excluding hydrogens is 646 g/mol.